The van der Waals surface area contributed by atoms with E-state index in [0.29, 0.717) is 16.7 Å². The molecule has 15 heavy (non-hydrogen) atoms. The first-order chi connectivity index (χ1) is 7.20. The highest BCUT2D eigenvalue weighted by Gasteiger charge is 2.06. The molecule has 0 aliphatic carbocycles. The third-order valence-electron chi connectivity index (χ3n) is 1.80. The van der Waals surface area contributed by atoms with E-state index in [1.807, 2.05) is 0 Å². The molecule has 78 valence electrons. The van der Waals surface area contributed by atoms with E-state index in [9.17, 15) is 0 Å². The molecular formula is C9H6BrCl2N3. The third-order valence-corrected chi connectivity index (χ3v) is 2.80. The van der Waals surface area contributed by atoms with Gasteiger partial charge in [-0.05, 0) is 27.6 Å². The van der Waals surface area contributed by atoms with Crippen molar-refractivity contribution < 1.29 is 0 Å². The van der Waals surface area contributed by atoms with Gasteiger partial charge in [-0.25, -0.2) is 9.67 Å². The van der Waals surface area contributed by atoms with Crippen LogP contribution in [-0.4, -0.2) is 14.8 Å². The van der Waals surface area contributed by atoms with Crippen LogP contribution in [0.25, 0.3) is 5.82 Å². The first kappa shape index (κ1) is 10.9. The second-order valence-corrected chi connectivity index (χ2v) is 4.48. The lowest BCUT2D eigenvalue weighted by atomic mass is 10.3. The molecule has 0 saturated heterocycles. The van der Waals surface area contributed by atoms with Crippen LogP contribution in [0.3, 0.4) is 0 Å². The van der Waals surface area contributed by atoms with E-state index in [-0.39, 0.29) is 0 Å². The molecule has 0 spiro atoms. The summed E-state index contributed by atoms with van der Waals surface area (Å²) in [6, 6.07) is 1.78. The molecule has 0 atom stereocenters. The van der Waals surface area contributed by atoms with Crippen molar-refractivity contribution in [2.45, 2.75) is 5.88 Å². The summed E-state index contributed by atoms with van der Waals surface area (Å²) in [6.45, 7) is 0. The Morgan fingerprint density at radius 3 is 2.73 bits per heavy atom. The van der Waals surface area contributed by atoms with Gasteiger partial charge in [0.2, 0.25) is 0 Å². The van der Waals surface area contributed by atoms with Crippen LogP contribution in [0.5, 0.6) is 0 Å². The second-order valence-electron chi connectivity index (χ2n) is 2.89. The SMILES string of the molecule is ClCc1cnc(-n2cc(Br)cn2)c(Cl)c1. The maximum absolute atomic E-state index is 6.05. The van der Waals surface area contributed by atoms with Crippen molar-refractivity contribution in [3.8, 4) is 5.82 Å². The fraction of sp³-hybridized carbons (Fsp3) is 0.111. The molecule has 0 N–H and O–H groups in total. The van der Waals surface area contributed by atoms with Crippen molar-refractivity contribution in [3.63, 3.8) is 0 Å². The maximum Gasteiger partial charge on any atom is 0.172 e. The quantitative estimate of drug-likeness (QED) is 0.796. The molecule has 0 aliphatic heterocycles. The van der Waals surface area contributed by atoms with Crippen LogP contribution >= 0.6 is 39.1 Å². The average Bonchev–Trinajstić information content (AvgIpc) is 2.64. The minimum Gasteiger partial charge on any atom is -0.235 e. The van der Waals surface area contributed by atoms with Crippen molar-refractivity contribution in [2.24, 2.45) is 0 Å². The molecule has 0 fully saturated rings. The molecular weight excluding hydrogens is 301 g/mol. The molecule has 2 rings (SSSR count). The van der Waals surface area contributed by atoms with Gasteiger partial charge in [-0.15, -0.1) is 11.6 Å². The summed E-state index contributed by atoms with van der Waals surface area (Å²) in [5.74, 6) is 0.992. The minimum atomic E-state index is 0.399. The van der Waals surface area contributed by atoms with Gasteiger partial charge in [-0.1, -0.05) is 11.6 Å². The number of pyridine rings is 1. The van der Waals surface area contributed by atoms with E-state index < -0.39 is 0 Å². The Bertz CT molecular complexity index is 484. The van der Waals surface area contributed by atoms with Gasteiger partial charge in [0.15, 0.2) is 5.82 Å². The predicted octanol–water partition coefficient (Wildman–Crippen LogP) is 3.42. The van der Waals surface area contributed by atoms with Crippen LogP contribution < -0.4 is 0 Å². The molecule has 0 saturated carbocycles. The molecule has 6 heteroatoms. The summed E-state index contributed by atoms with van der Waals surface area (Å²) in [6.07, 6.45) is 5.14. The van der Waals surface area contributed by atoms with E-state index in [1.165, 1.54) is 0 Å². The summed E-state index contributed by atoms with van der Waals surface area (Å²) < 4.78 is 2.48. The largest absolute Gasteiger partial charge is 0.235 e. The first-order valence-corrected chi connectivity index (χ1v) is 5.82. The van der Waals surface area contributed by atoms with Crippen LogP contribution in [0.4, 0.5) is 0 Å². The Morgan fingerprint density at radius 2 is 2.20 bits per heavy atom. The topological polar surface area (TPSA) is 30.7 Å². The van der Waals surface area contributed by atoms with Crippen molar-refractivity contribution >= 4 is 39.1 Å². The van der Waals surface area contributed by atoms with Crippen LogP contribution in [0.1, 0.15) is 5.56 Å². The molecule has 2 heterocycles. The van der Waals surface area contributed by atoms with Gasteiger partial charge in [-0.3, -0.25) is 0 Å². The Hall–Kier alpha value is -0.580. The summed E-state index contributed by atoms with van der Waals surface area (Å²) in [4.78, 5) is 4.20. The van der Waals surface area contributed by atoms with E-state index in [0.717, 1.165) is 10.0 Å². The number of halogens is 3. The van der Waals surface area contributed by atoms with E-state index >= 15 is 0 Å². The van der Waals surface area contributed by atoms with Crippen LogP contribution in [0.15, 0.2) is 29.1 Å². The highest BCUT2D eigenvalue weighted by molar-refractivity contribution is 9.10. The van der Waals surface area contributed by atoms with Crippen molar-refractivity contribution in [2.75, 3.05) is 0 Å². The van der Waals surface area contributed by atoms with Gasteiger partial charge >= 0.3 is 0 Å². The van der Waals surface area contributed by atoms with Gasteiger partial charge < -0.3 is 0 Å². The molecule has 2 aromatic heterocycles. The smallest absolute Gasteiger partial charge is 0.172 e. The Labute approximate surface area is 105 Å². The normalized spacial score (nSPS) is 10.6. The summed E-state index contributed by atoms with van der Waals surface area (Å²) in [7, 11) is 0. The third kappa shape index (κ3) is 2.33. The number of hydrogen-bond acceptors (Lipinski definition) is 2. The van der Waals surface area contributed by atoms with E-state index in [1.54, 1.807) is 29.3 Å². The number of rotatable bonds is 2. The fourth-order valence-electron chi connectivity index (χ4n) is 1.13. The molecule has 2 aromatic rings. The molecule has 0 amide bonds. The molecule has 3 nitrogen and oxygen atoms in total. The summed E-state index contributed by atoms with van der Waals surface area (Å²) in [5, 5.41) is 4.62. The zero-order valence-electron chi connectivity index (χ0n) is 7.49. The predicted molar refractivity (Wildman–Crippen MR) is 63.6 cm³/mol. The number of aromatic nitrogens is 3. The number of alkyl halides is 1. The van der Waals surface area contributed by atoms with Gasteiger partial charge in [0.05, 0.1) is 15.7 Å². The molecule has 0 bridgehead atoms. The van der Waals surface area contributed by atoms with Crippen molar-refractivity contribution in [1.29, 1.82) is 0 Å². The molecule has 0 radical (unpaired) electrons. The average molecular weight is 307 g/mol. The zero-order valence-corrected chi connectivity index (χ0v) is 10.6. The Morgan fingerprint density at radius 1 is 1.40 bits per heavy atom. The molecule has 0 aromatic carbocycles. The lowest BCUT2D eigenvalue weighted by Gasteiger charge is -2.03. The van der Waals surface area contributed by atoms with Gasteiger partial charge in [0.25, 0.3) is 0 Å². The molecule has 0 aliphatic rings. The lowest BCUT2D eigenvalue weighted by molar-refractivity contribution is 0.845. The molecule has 0 unspecified atom stereocenters. The van der Waals surface area contributed by atoms with Gasteiger partial charge in [0.1, 0.15) is 0 Å². The van der Waals surface area contributed by atoms with Crippen LogP contribution in [-0.2, 0) is 5.88 Å². The number of nitrogens with zero attached hydrogens (tertiary/aromatic N) is 3. The van der Waals surface area contributed by atoms with Crippen LogP contribution in [0, 0.1) is 0 Å². The van der Waals surface area contributed by atoms with E-state index in [2.05, 4.69) is 26.0 Å². The zero-order chi connectivity index (χ0) is 10.8. The standard InChI is InChI=1S/C9H6BrCl2N3/c10-7-4-14-15(5-7)9-8(12)1-6(2-11)3-13-9/h1,3-5H,2H2. The minimum absolute atomic E-state index is 0.399. The van der Waals surface area contributed by atoms with E-state index in [4.69, 9.17) is 23.2 Å². The highest BCUT2D eigenvalue weighted by atomic mass is 79.9. The fourth-order valence-corrected chi connectivity index (χ4v) is 1.84. The van der Waals surface area contributed by atoms with Crippen molar-refractivity contribution in [3.05, 3.63) is 39.7 Å². The van der Waals surface area contributed by atoms with Crippen molar-refractivity contribution in [1.82, 2.24) is 14.8 Å². The van der Waals surface area contributed by atoms with Gasteiger partial charge in [-0.2, -0.15) is 5.10 Å². The summed E-state index contributed by atoms with van der Waals surface area (Å²) in [5.41, 5.74) is 0.886. The summed E-state index contributed by atoms with van der Waals surface area (Å²) >= 11 is 15.0. The number of hydrogen-bond donors (Lipinski definition) is 0. The first-order valence-electron chi connectivity index (χ1n) is 4.11. The highest BCUT2D eigenvalue weighted by Crippen LogP contribution is 2.20. The lowest BCUT2D eigenvalue weighted by Crippen LogP contribution is -1.99. The maximum atomic E-state index is 6.05. The van der Waals surface area contributed by atoms with Gasteiger partial charge in [0, 0.05) is 18.3 Å². The second kappa shape index (κ2) is 4.51. The van der Waals surface area contributed by atoms with Crippen LogP contribution in [0.2, 0.25) is 5.02 Å². The Kier molecular flexibility index (Phi) is 3.29. The monoisotopic (exact) mass is 305 g/mol. The Balaban J connectivity index is 2.45.